The van der Waals surface area contributed by atoms with E-state index in [-0.39, 0.29) is 5.28 Å². The highest BCUT2D eigenvalue weighted by Gasteiger charge is 1.98. The van der Waals surface area contributed by atoms with Gasteiger partial charge in [0.2, 0.25) is 5.28 Å². The SMILES string of the molecule is Cc1ccccc1CNc1ccnc(Cl)n1. The molecule has 0 amide bonds. The summed E-state index contributed by atoms with van der Waals surface area (Å²) in [7, 11) is 0. The molecule has 2 aromatic rings. The normalized spacial score (nSPS) is 10.1. The smallest absolute Gasteiger partial charge is 0.224 e. The minimum absolute atomic E-state index is 0.259. The first-order valence-corrected chi connectivity index (χ1v) is 5.40. The molecule has 0 saturated carbocycles. The maximum atomic E-state index is 5.70. The molecule has 0 fully saturated rings. The fourth-order valence-electron chi connectivity index (χ4n) is 1.43. The largest absolute Gasteiger partial charge is 0.366 e. The maximum Gasteiger partial charge on any atom is 0.224 e. The van der Waals surface area contributed by atoms with Crippen LogP contribution >= 0.6 is 11.6 Å². The molecule has 3 nitrogen and oxygen atoms in total. The highest BCUT2D eigenvalue weighted by molar-refractivity contribution is 6.28. The molecular formula is C12H12ClN3. The lowest BCUT2D eigenvalue weighted by molar-refractivity contribution is 1.07. The summed E-state index contributed by atoms with van der Waals surface area (Å²) in [6, 6.07) is 10.0. The topological polar surface area (TPSA) is 37.8 Å². The summed E-state index contributed by atoms with van der Waals surface area (Å²) in [6.07, 6.45) is 1.63. The van der Waals surface area contributed by atoms with E-state index >= 15 is 0 Å². The number of hydrogen-bond donors (Lipinski definition) is 1. The second-order valence-electron chi connectivity index (χ2n) is 3.49. The van der Waals surface area contributed by atoms with Gasteiger partial charge in [-0.05, 0) is 35.7 Å². The fourth-order valence-corrected chi connectivity index (χ4v) is 1.57. The third-order valence-corrected chi connectivity index (χ3v) is 2.53. The van der Waals surface area contributed by atoms with Crippen molar-refractivity contribution in [3.8, 4) is 0 Å². The van der Waals surface area contributed by atoms with E-state index in [9.17, 15) is 0 Å². The predicted molar refractivity (Wildman–Crippen MR) is 65.5 cm³/mol. The lowest BCUT2D eigenvalue weighted by atomic mass is 10.1. The number of aryl methyl sites for hydroxylation is 1. The summed E-state index contributed by atoms with van der Waals surface area (Å²) in [5.74, 6) is 0.739. The number of aromatic nitrogens is 2. The van der Waals surface area contributed by atoms with Gasteiger partial charge < -0.3 is 5.32 Å². The highest BCUT2D eigenvalue weighted by atomic mass is 35.5. The predicted octanol–water partition coefficient (Wildman–Crippen LogP) is 3.05. The van der Waals surface area contributed by atoms with Crippen LogP contribution < -0.4 is 5.32 Å². The van der Waals surface area contributed by atoms with Crippen molar-refractivity contribution in [2.45, 2.75) is 13.5 Å². The Kier molecular flexibility index (Phi) is 3.37. The van der Waals surface area contributed by atoms with E-state index in [1.807, 2.05) is 12.1 Å². The van der Waals surface area contributed by atoms with Gasteiger partial charge in [-0.2, -0.15) is 0 Å². The molecule has 1 N–H and O–H groups in total. The van der Waals surface area contributed by atoms with Crippen LogP contribution in [0.1, 0.15) is 11.1 Å². The zero-order valence-electron chi connectivity index (χ0n) is 8.94. The Bertz CT molecular complexity index is 485. The molecular weight excluding hydrogens is 222 g/mol. The van der Waals surface area contributed by atoms with Crippen LogP contribution in [0.4, 0.5) is 5.82 Å². The molecule has 0 unspecified atom stereocenters. The van der Waals surface area contributed by atoms with Gasteiger partial charge in [-0.3, -0.25) is 0 Å². The molecule has 0 spiro atoms. The fraction of sp³-hybridized carbons (Fsp3) is 0.167. The lowest BCUT2D eigenvalue weighted by Crippen LogP contribution is -2.03. The minimum atomic E-state index is 0.259. The quantitative estimate of drug-likeness (QED) is 0.828. The van der Waals surface area contributed by atoms with E-state index in [4.69, 9.17) is 11.6 Å². The molecule has 0 saturated heterocycles. The van der Waals surface area contributed by atoms with Gasteiger partial charge in [-0.1, -0.05) is 24.3 Å². The Labute approximate surface area is 99.5 Å². The molecule has 4 heteroatoms. The first-order valence-electron chi connectivity index (χ1n) is 5.02. The number of hydrogen-bond acceptors (Lipinski definition) is 3. The van der Waals surface area contributed by atoms with Crippen LogP contribution in [0.25, 0.3) is 0 Å². The highest BCUT2D eigenvalue weighted by Crippen LogP contribution is 2.11. The summed E-state index contributed by atoms with van der Waals surface area (Å²) in [5.41, 5.74) is 2.51. The third-order valence-electron chi connectivity index (χ3n) is 2.35. The number of benzene rings is 1. The number of nitrogens with zero attached hydrogens (tertiary/aromatic N) is 2. The van der Waals surface area contributed by atoms with Gasteiger partial charge >= 0.3 is 0 Å². The summed E-state index contributed by atoms with van der Waals surface area (Å²) in [6.45, 7) is 2.82. The number of rotatable bonds is 3. The van der Waals surface area contributed by atoms with Crippen LogP contribution in [0, 0.1) is 6.92 Å². The zero-order chi connectivity index (χ0) is 11.4. The van der Waals surface area contributed by atoms with Crippen molar-refractivity contribution in [3.05, 3.63) is 52.9 Å². The van der Waals surface area contributed by atoms with E-state index in [0.29, 0.717) is 0 Å². The van der Waals surface area contributed by atoms with Gasteiger partial charge in [0.1, 0.15) is 5.82 Å². The van der Waals surface area contributed by atoms with Gasteiger partial charge in [-0.15, -0.1) is 0 Å². The summed E-state index contributed by atoms with van der Waals surface area (Å²) < 4.78 is 0. The van der Waals surface area contributed by atoms with E-state index < -0.39 is 0 Å². The summed E-state index contributed by atoms with van der Waals surface area (Å²) in [5, 5.41) is 3.47. The number of anilines is 1. The standard InChI is InChI=1S/C12H12ClN3/c1-9-4-2-3-5-10(9)8-15-11-6-7-14-12(13)16-11/h2-7H,8H2,1H3,(H,14,15,16). The van der Waals surface area contributed by atoms with Crippen LogP contribution in [-0.2, 0) is 6.54 Å². The summed E-state index contributed by atoms with van der Waals surface area (Å²) in [4.78, 5) is 7.89. The van der Waals surface area contributed by atoms with E-state index in [0.717, 1.165) is 12.4 Å². The Balaban J connectivity index is 2.05. The molecule has 0 aliphatic heterocycles. The van der Waals surface area contributed by atoms with Crippen LogP contribution in [0.3, 0.4) is 0 Å². The average molecular weight is 234 g/mol. The monoisotopic (exact) mass is 233 g/mol. The average Bonchev–Trinajstić information content (AvgIpc) is 2.28. The van der Waals surface area contributed by atoms with Crippen LogP contribution in [-0.4, -0.2) is 9.97 Å². The van der Waals surface area contributed by atoms with Gasteiger partial charge in [0.05, 0.1) is 0 Å². The third kappa shape index (κ3) is 2.70. The van der Waals surface area contributed by atoms with Crippen molar-refractivity contribution in [1.29, 1.82) is 0 Å². The Morgan fingerprint density at radius 2 is 2.06 bits per heavy atom. The van der Waals surface area contributed by atoms with Crippen LogP contribution in [0.2, 0.25) is 5.28 Å². The van der Waals surface area contributed by atoms with E-state index in [2.05, 4.69) is 34.3 Å². The van der Waals surface area contributed by atoms with Gasteiger partial charge in [-0.25, -0.2) is 9.97 Å². The first-order chi connectivity index (χ1) is 7.75. The van der Waals surface area contributed by atoms with Gasteiger partial charge in [0.15, 0.2) is 0 Å². The molecule has 0 atom stereocenters. The van der Waals surface area contributed by atoms with Gasteiger partial charge in [0.25, 0.3) is 0 Å². The Morgan fingerprint density at radius 3 is 2.81 bits per heavy atom. The van der Waals surface area contributed by atoms with E-state index in [1.165, 1.54) is 11.1 Å². The molecule has 1 heterocycles. The molecule has 2 rings (SSSR count). The number of nitrogens with one attached hydrogen (secondary N) is 1. The van der Waals surface area contributed by atoms with Crippen molar-refractivity contribution in [1.82, 2.24) is 9.97 Å². The molecule has 1 aromatic carbocycles. The number of halogens is 1. The zero-order valence-corrected chi connectivity index (χ0v) is 9.70. The molecule has 0 aliphatic rings. The molecule has 0 radical (unpaired) electrons. The molecule has 82 valence electrons. The second-order valence-corrected chi connectivity index (χ2v) is 3.83. The van der Waals surface area contributed by atoms with Crippen molar-refractivity contribution < 1.29 is 0 Å². The van der Waals surface area contributed by atoms with Crippen molar-refractivity contribution in [3.63, 3.8) is 0 Å². The van der Waals surface area contributed by atoms with Crippen molar-refractivity contribution >= 4 is 17.4 Å². The molecule has 0 bridgehead atoms. The van der Waals surface area contributed by atoms with Crippen LogP contribution in [0.5, 0.6) is 0 Å². The molecule has 16 heavy (non-hydrogen) atoms. The Morgan fingerprint density at radius 1 is 1.25 bits per heavy atom. The van der Waals surface area contributed by atoms with Crippen LogP contribution in [0.15, 0.2) is 36.5 Å². The maximum absolute atomic E-state index is 5.70. The second kappa shape index (κ2) is 4.94. The lowest BCUT2D eigenvalue weighted by Gasteiger charge is -2.07. The molecule has 1 aromatic heterocycles. The van der Waals surface area contributed by atoms with Gasteiger partial charge in [0, 0.05) is 12.7 Å². The molecule has 0 aliphatic carbocycles. The summed E-state index contributed by atoms with van der Waals surface area (Å²) >= 11 is 5.70. The minimum Gasteiger partial charge on any atom is -0.366 e. The van der Waals surface area contributed by atoms with E-state index in [1.54, 1.807) is 12.3 Å². The van der Waals surface area contributed by atoms with Crippen molar-refractivity contribution in [2.24, 2.45) is 0 Å². The Hall–Kier alpha value is -1.61. The first kappa shape index (κ1) is 10.9. The van der Waals surface area contributed by atoms with Crippen molar-refractivity contribution in [2.75, 3.05) is 5.32 Å².